The van der Waals surface area contributed by atoms with Gasteiger partial charge in [-0.1, -0.05) is 0 Å². The number of ether oxygens (including phenoxy) is 1. The molecule has 80 valence electrons. The lowest BCUT2D eigenvalue weighted by atomic mass is 10.2. The van der Waals surface area contributed by atoms with Gasteiger partial charge >= 0.3 is 0 Å². The molecule has 0 radical (unpaired) electrons. The van der Waals surface area contributed by atoms with Crippen molar-refractivity contribution in [3.63, 3.8) is 0 Å². The molecule has 0 aromatic rings. The Morgan fingerprint density at radius 1 is 1.64 bits per heavy atom. The average molecular weight is 218 g/mol. The first kappa shape index (κ1) is 11.4. The molecule has 5 nitrogen and oxygen atoms in total. The fourth-order valence-corrected chi connectivity index (χ4v) is 2.16. The van der Waals surface area contributed by atoms with Gasteiger partial charge in [-0.2, -0.15) is 5.26 Å². The average Bonchev–Trinajstić information content (AvgIpc) is 2.56. The van der Waals surface area contributed by atoms with Crippen LogP contribution >= 0.6 is 0 Å². The molecule has 0 spiro atoms. The van der Waals surface area contributed by atoms with Crippen molar-refractivity contribution in [2.24, 2.45) is 0 Å². The molecule has 14 heavy (non-hydrogen) atoms. The number of nitrogens with zero attached hydrogens (tertiary/aromatic N) is 2. The summed E-state index contributed by atoms with van der Waals surface area (Å²) < 4.78 is 29.2. The Morgan fingerprint density at radius 2 is 2.36 bits per heavy atom. The first-order chi connectivity index (χ1) is 6.56. The van der Waals surface area contributed by atoms with Gasteiger partial charge in [-0.15, -0.1) is 0 Å². The predicted molar refractivity (Wildman–Crippen MR) is 51.0 cm³/mol. The molecule has 0 amide bonds. The van der Waals surface area contributed by atoms with Crippen LogP contribution in [0.2, 0.25) is 0 Å². The van der Waals surface area contributed by atoms with Crippen molar-refractivity contribution in [2.45, 2.75) is 18.9 Å². The van der Waals surface area contributed by atoms with E-state index in [1.165, 1.54) is 11.4 Å². The fourth-order valence-electron chi connectivity index (χ4n) is 1.38. The van der Waals surface area contributed by atoms with Gasteiger partial charge in [0.2, 0.25) is 10.0 Å². The van der Waals surface area contributed by atoms with Gasteiger partial charge in [0.25, 0.3) is 0 Å². The molecule has 1 aliphatic rings. The zero-order valence-corrected chi connectivity index (χ0v) is 8.96. The fraction of sp³-hybridized carbons (Fsp3) is 0.875. The number of nitriles is 1. The van der Waals surface area contributed by atoms with E-state index in [2.05, 4.69) is 0 Å². The minimum absolute atomic E-state index is 0.00605. The summed E-state index contributed by atoms with van der Waals surface area (Å²) in [6.07, 6.45) is 1.87. The highest BCUT2D eigenvalue weighted by Crippen LogP contribution is 2.14. The summed E-state index contributed by atoms with van der Waals surface area (Å²) in [4.78, 5) is 0. The monoisotopic (exact) mass is 218 g/mol. The summed E-state index contributed by atoms with van der Waals surface area (Å²) in [5.74, 6) is -0.462. The molecule has 0 aromatic heterocycles. The lowest BCUT2D eigenvalue weighted by Crippen LogP contribution is -2.35. The van der Waals surface area contributed by atoms with Crippen molar-refractivity contribution >= 4 is 10.0 Å². The third-order valence-electron chi connectivity index (χ3n) is 2.21. The number of hydrogen-bond acceptors (Lipinski definition) is 4. The highest BCUT2D eigenvalue weighted by molar-refractivity contribution is 7.89. The lowest BCUT2D eigenvalue weighted by molar-refractivity contribution is 0.0979. The molecular formula is C8H14N2O3S. The van der Waals surface area contributed by atoms with E-state index in [0.717, 1.165) is 12.8 Å². The minimum Gasteiger partial charge on any atom is -0.377 e. The highest BCUT2D eigenvalue weighted by atomic mass is 32.2. The first-order valence-electron chi connectivity index (χ1n) is 4.49. The highest BCUT2D eigenvalue weighted by Gasteiger charge is 2.23. The number of hydrogen-bond donors (Lipinski definition) is 0. The second kappa shape index (κ2) is 4.73. The Labute approximate surface area is 84.3 Å². The number of likely N-dealkylation sites (N-methyl/N-ethyl adjacent to an activating group) is 1. The van der Waals surface area contributed by atoms with Crippen LogP contribution in [0.25, 0.3) is 0 Å². The second-order valence-corrected chi connectivity index (χ2v) is 5.41. The van der Waals surface area contributed by atoms with Crippen molar-refractivity contribution < 1.29 is 13.2 Å². The smallest absolute Gasteiger partial charge is 0.227 e. The van der Waals surface area contributed by atoms with Gasteiger partial charge in [-0.3, -0.25) is 0 Å². The predicted octanol–water partition coefficient (Wildman–Crippen LogP) is -0.0494. The molecule has 1 aliphatic heterocycles. The molecule has 0 saturated carbocycles. The lowest BCUT2D eigenvalue weighted by Gasteiger charge is -2.18. The molecule has 1 heterocycles. The summed E-state index contributed by atoms with van der Waals surface area (Å²) in [6.45, 7) is 1.06. The van der Waals surface area contributed by atoms with Crippen LogP contribution in [0.3, 0.4) is 0 Å². The summed E-state index contributed by atoms with van der Waals surface area (Å²) in [5.41, 5.74) is 0. The molecule has 1 unspecified atom stereocenters. The minimum atomic E-state index is -3.41. The summed E-state index contributed by atoms with van der Waals surface area (Å²) in [6, 6.07) is 1.64. The second-order valence-electron chi connectivity index (χ2n) is 3.33. The molecule has 0 bridgehead atoms. The van der Waals surface area contributed by atoms with E-state index >= 15 is 0 Å². The van der Waals surface area contributed by atoms with Gasteiger partial charge in [0.1, 0.15) is 0 Å². The third kappa shape index (κ3) is 2.94. The quantitative estimate of drug-likeness (QED) is 0.663. The Bertz CT molecular complexity index is 314. The van der Waals surface area contributed by atoms with Crippen LogP contribution in [0.4, 0.5) is 0 Å². The molecule has 1 atom stereocenters. The standard InChI is InChI=1S/C8H14N2O3S/c1-10(14(11,12)6-4-9)7-8-3-2-5-13-8/h8H,2-3,5-7H2,1H3. The molecule has 0 aliphatic carbocycles. The maximum atomic E-state index is 11.4. The van der Waals surface area contributed by atoms with Crippen LogP contribution in [0, 0.1) is 11.3 Å². The summed E-state index contributed by atoms with van der Waals surface area (Å²) in [5, 5.41) is 8.32. The van der Waals surface area contributed by atoms with Crippen LogP contribution in [0.5, 0.6) is 0 Å². The van der Waals surface area contributed by atoms with Crippen LogP contribution in [0.1, 0.15) is 12.8 Å². The van der Waals surface area contributed by atoms with Gasteiger partial charge in [0.15, 0.2) is 5.75 Å². The molecular weight excluding hydrogens is 204 g/mol. The number of rotatable bonds is 4. The maximum absolute atomic E-state index is 11.4. The Morgan fingerprint density at radius 3 is 2.86 bits per heavy atom. The SMILES string of the molecule is CN(CC1CCCO1)S(=O)(=O)CC#N. The van der Waals surface area contributed by atoms with Crippen LogP contribution < -0.4 is 0 Å². The van der Waals surface area contributed by atoms with Crippen LogP contribution in [-0.4, -0.2) is 44.8 Å². The van der Waals surface area contributed by atoms with Crippen molar-refractivity contribution in [1.29, 1.82) is 5.26 Å². The van der Waals surface area contributed by atoms with Crippen LogP contribution in [-0.2, 0) is 14.8 Å². The molecule has 6 heteroatoms. The molecule has 1 saturated heterocycles. The van der Waals surface area contributed by atoms with E-state index in [0.29, 0.717) is 13.2 Å². The normalized spacial score (nSPS) is 22.5. The number of sulfonamides is 1. The van der Waals surface area contributed by atoms with Gasteiger partial charge in [-0.05, 0) is 12.8 Å². The molecule has 0 N–H and O–H groups in total. The molecule has 1 rings (SSSR count). The van der Waals surface area contributed by atoms with E-state index in [1.54, 1.807) is 6.07 Å². The molecule has 0 aromatic carbocycles. The third-order valence-corrected chi connectivity index (χ3v) is 3.80. The van der Waals surface area contributed by atoms with Gasteiger partial charge < -0.3 is 4.74 Å². The van der Waals surface area contributed by atoms with Crippen molar-refractivity contribution in [1.82, 2.24) is 4.31 Å². The van der Waals surface area contributed by atoms with Crippen molar-refractivity contribution in [2.75, 3.05) is 26.0 Å². The van der Waals surface area contributed by atoms with Crippen LogP contribution in [0.15, 0.2) is 0 Å². The zero-order chi connectivity index (χ0) is 10.6. The van der Waals surface area contributed by atoms with E-state index in [1.807, 2.05) is 0 Å². The van der Waals surface area contributed by atoms with Gasteiger partial charge in [-0.25, -0.2) is 12.7 Å². The van der Waals surface area contributed by atoms with Gasteiger partial charge in [0, 0.05) is 20.2 Å². The Balaban J connectivity index is 2.48. The summed E-state index contributed by atoms with van der Waals surface area (Å²) >= 11 is 0. The maximum Gasteiger partial charge on any atom is 0.227 e. The molecule has 1 fully saturated rings. The summed E-state index contributed by atoms with van der Waals surface area (Å²) in [7, 11) is -1.93. The van der Waals surface area contributed by atoms with Crippen molar-refractivity contribution in [3.05, 3.63) is 0 Å². The van der Waals surface area contributed by atoms with E-state index in [4.69, 9.17) is 10.00 Å². The topological polar surface area (TPSA) is 70.4 Å². The van der Waals surface area contributed by atoms with E-state index < -0.39 is 15.8 Å². The van der Waals surface area contributed by atoms with Gasteiger partial charge in [0.05, 0.1) is 12.2 Å². The zero-order valence-electron chi connectivity index (χ0n) is 8.14. The van der Waals surface area contributed by atoms with E-state index in [9.17, 15) is 8.42 Å². The first-order valence-corrected chi connectivity index (χ1v) is 6.10. The van der Waals surface area contributed by atoms with Crippen molar-refractivity contribution in [3.8, 4) is 6.07 Å². The Hall–Kier alpha value is -0.640. The Kier molecular flexibility index (Phi) is 3.86. The largest absolute Gasteiger partial charge is 0.377 e. The van der Waals surface area contributed by atoms with E-state index in [-0.39, 0.29) is 6.10 Å².